The van der Waals surface area contributed by atoms with Gasteiger partial charge in [-0.3, -0.25) is 4.79 Å². The number of furan rings is 1. The van der Waals surface area contributed by atoms with Crippen LogP contribution in [-0.4, -0.2) is 34.0 Å². The van der Waals surface area contributed by atoms with Gasteiger partial charge in [0.15, 0.2) is 0 Å². The number of hydrogen-bond acceptors (Lipinski definition) is 3. The Balaban J connectivity index is 2.31. The largest absolute Gasteiger partial charge is 0.479 e. The van der Waals surface area contributed by atoms with Crippen LogP contribution in [0.5, 0.6) is 0 Å². The number of hydrogen-bond donors (Lipinski definition) is 1. The van der Waals surface area contributed by atoms with Crippen LogP contribution in [0.25, 0.3) is 0 Å². The smallest absolute Gasteiger partial charge is 0.329 e. The second-order valence-electron chi connectivity index (χ2n) is 5.09. The molecule has 1 amide bonds. The molecule has 0 aromatic carbocycles. The van der Waals surface area contributed by atoms with Gasteiger partial charge in [-0.2, -0.15) is 0 Å². The lowest BCUT2D eigenvalue weighted by Gasteiger charge is -2.34. The quantitative estimate of drug-likeness (QED) is 0.907. The number of carbonyl (C=O) groups excluding carboxylic acids is 1. The Morgan fingerprint density at radius 3 is 2.79 bits per heavy atom. The lowest BCUT2D eigenvalue weighted by atomic mass is 9.90. The van der Waals surface area contributed by atoms with Gasteiger partial charge in [-0.1, -0.05) is 13.3 Å². The van der Waals surface area contributed by atoms with Crippen LogP contribution in [-0.2, 0) is 4.79 Å². The molecule has 1 atom stereocenters. The summed E-state index contributed by atoms with van der Waals surface area (Å²) in [6, 6.07) is 1.65. The molecular weight excluding hydrogens is 246 g/mol. The SMILES string of the molecule is CCCC1(C(=O)O)CCCN1C(=O)c1coc(C)c1. The molecule has 0 radical (unpaired) electrons. The fourth-order valence-electron chi connectivity index (χ4n) is 2.89. The number of nitrogens with zero attached hydrogens (tertiary/aromatic N) is 1. The summed E-state index contributed by atoms with van der Waals surface area (Å²) in [6.45, 7) is 4.19. The summed E-state index contributed by atoms with van der Waals surface area (Å²) in [4.78, 5) is 25.6. The summed E-state index contributed by atoms with van der Waals surface area (Å²) in [5, 5.41) is 9.55. The van der Waals surface area contributed by atoms with Crippen LogP contribution in [0.3, 0.4) is 0 Å². The summed E-state index contributed by atoms with van der Waals surface area (Å²) in [5.74, 6) is -0.496. The van der Waals surface area contributed by atoms with Crippen molar-refractivity contribution in [1.29, 1.82) is 0 Å². The summed E-state index contributed by atoms with van der Waals surface area (Å²) < 4.78 is 5.14. The standard InChI is InChI=1S/C14H19NO4/c1-3-5-14(13(17)18)6-4-7-15(14)12(16)11-8-10(2)19-9-11/h8-9H,3-7H2,1-2H3,(H,17,18). The van der Waals surface area contributed by atoms with Crippen molar-refractivity contribution in [2.24, 2.45) is 0 Å². The average molecular weight is 265 g/mol. The van der Waals surface area contributed by atoms with E-state index in [1.807, 2.05) is 6.92 Å². The highest BCUT2D eigenvalue weighted by atomic mass is 16.4. The zero-order valence-corrected chi connectivity index (χ0v) is 11.3. The number of aryl methyl sites for hydroxylation is 1. The molecule has 1 fully saturated rings. The van der Waals surface area contributed by atoms with E-state index in [0.717, 1.165) is 12.8 Å². The third-order valence-electron chi connectivity index (χ3n) is 3.77. The molecular formula is C14H19NO4. The Kier molecular flexibility index (Phi) is 3.64. The molecule has 1 aliphatic heterocycles. The fourth-order valence-corrected chi connectivity index (χ4v) is 2.89. The second-order valence-corrected chi connectivity index (χ2v) is 5.09. The van der Waals surface area contributed by atoms with E-state index >= 15 is 0 Å². The minimum atomic E-state index is -1.04. The van der Waals surface area contributed by atoms with Crippen molar-refractivity contribution in [3.63, 3.8) is 0 Å². The molecule has 1 saturated heterocycles. The van der Waals surface area contributed by atoms with Crippen molar-refractivity contribution in [3.05, 3.63) is 23.7 Å². The van der Waals surface area contributed by atoms with Gasteiger partial charge in [-0.05, 0) is 32.3 Å². The topological polar surface area (TPSA) is 70.8 Å². The van der Waals surface area contributed by atoms with Gasteiger partial charge in [0.2, 0.25) is 0 Å². The summed E-state index contributed by atoms with van der Waals surface area (Å²) in [7, 11) is 0. The molecule has 2 heterocycles. The van der Waals surface area contributed by atoms with Gasteiger partial charge in [0, 0.05) is 6.54 Å². The average Bonchev–Trinajstić information content (AvgIpc) is 2.96. The first-order valence-corrected chi connectivity index (χ1v) is 6.62. The van der Waals surface area contributed by atoms with E-state index in [1.165, 1.54) is 11.2 Å². The van der Waals surface area contributed by atoms with Gasteiger partial charge >= 0.3 is 5.97 Å². The van der Waals surface area contributed by atoms with Crippen LogP contribution in [0, 0.1) is 6.92 Å². The maximum Gasteiger partial charge on any atom is 0.329 e. The molecule has 5 nitrogen and oxygen atoms in total. The van der Waals surface area contributed by atoms with E-state index < -0.39 is 11.5 Å². The van der Waals surface area contributed by atoms with Crippen LogP contribution in [0.4, 0.5) is 0 Å². The fraction of sp³-hybridized carbons (Fsp3) is 0.571. The van der Waals surface area contributed by atoms with Gasteiger partial charge < -0.3 is 14.4 Å². The highest BCUT2D eigenvalue weighted by Crippen LogP contribution is 2.35. The van der Waals surface area contributed by atoms with E-state index in [-0.39, 0.29) is 5.91 Å². The van der Waals surface area contributed by atoms with Crippen molar-refractivity contribution in [2.45, 2.75) is 45.1 Å². The highest BCUT2D eigenvalue weighted by Gasteiger charge is 2.49. The number of carbonyl (C=O) groups is 2. The molecule has 1 N–H and O–H groups in total. The molecule has 0 saturated carbocycles. The Labute approximate surface area is 112 Å². The molecule has 5 heteroatoms. The molecule has 1 aliphatic rings. The molecule has 0 spiro atoms. The number of likely N-dealkylation sites (tertiary alicyclic amines) is 1. The lowest BCUT2D eigenvalue weighted by Crippen LogP contribution is -2.53. The Morgan fingerprint density at radius 2 is 2.26 bits per heavy atom. The zero-order valence-electron chi connectivity index (χ0n) is 11.3. The first-order chi connectivity index (χ1) is 9.01. The van der Waals surface area contributed by atoms with Gasteiger partial charge in [-0.15, -0.1) is 0 Å². The predicted octanol–water partition coefficient (Wildman–Crippen LogP) is 2.45. The molecule has 1 unspecified atom stereocenters. The second kappa shape index (κ2) is 5.07. The first-order valence-electron chi connectivity index (χ1n) is 6.62. The summed E-state index contributed by atoms with van der Waals surface area (Å²) >= 11 is 0. The summed E-state index contributed by atoms with van der Waals surface area (Å²) in [6.07, 6.45) is 3.88. The summed E-state index contributed by atoms with van der Waals surface area (Å²) in [5.41, 5.74) is -0.613. The van der Waals surface area contributed by atoms with Crippen LogP contribution in [0.2, 0.25) is 0 Å². The molecule has 2 rings (SSSR count). The maximum absolute atomic E-state index is 12.5. The maximum atomic E-state index is 12.5. The molecule has 1 aromatic heterocycles. The van der Waals surface area contributed by atoms with Gasteiger partial charge in [-0.25, -0.2) is 4.79 Å². The number of carboxylic acid groups (broad SMARTS) is 1. The van der Waals surface area contributed by atoms with E-state index in [1.54, 1.807) is 13.0 Å². The van der Waals surface area contributed by atoms with Gasteiger partial charge in [0.05, 0.1) is 5.56 Å². The van der Waals surface area contributed by atoms with E-state index in [0.29, 0.717) is 30.7 Å². The Bertz CT molecular complexity index is 493. The molecule has 0 bridgehead atoms. The third-order valence-corrected chi connectivity index (χ3v) is 3.77. The van der Waals surface area contributed by atoms with Crippen molar-refractivity contribution in [1.82, 2.24) is 4.90 Å². The van der Waals surface area contributed by atoms with E-state index in [9.17, 15) is 14.7 Å². The first kappa shape index (κ1) is 13.6. The molecule has 1 aromatic rings. The van der Waals surface area contributed by atoms with Crippen molar-refractivity contribution < 1.29 is 19.1 Å². The Morgan fingerprint density at radius 1 is 1.53 bits per heavy atom. The van der Waals surface area contributed by atoms with Gasteiger partial charge in [0.25, 0.3) is 5.91 Å². The van der Waals surface area contributed by atoms with Crippen LogP contribution in [0.1, 0.15) is 48.7 Å². The minimum Gasteiger partial charge on any atom is -0.479 e. The monoisotopic (exact) mass is 265 g/mol. The number of amides is 1. The molecule has 0 aliphatic carbocycles. The van der Waals surface area contributed by atoms with Crippen LogP contribution < -0.4 is 0 Å². The number of aliphatic carboxylic acids is 1. The number of rotatable bonds is 4. The van der Waals surface area contributed by atoms with Gasteiger partial charge in [0.1, 0.15) is 17.6 Å². The van der Waals surface area contributed by atoms with E-state index in [4.69, 9.17) is 4.42 Å². The molecule has 104 valence electrons. The minimum absolute atomic E-state index is 0.245. The van der Waals surface area contributed by atoms with E-state index in [2.05, 4.69) is 0 Å². The number of carboxylic acids is 1. The third kappa shape index (κ3) is 2.25. The van der Waals surface area contributed by atoms with Crippen LogP contribution in [0.15, 0.2) is 16.7 Å². The normalized spacial score (nSPS) is 22.7. The Hall–Kier alpha value is -1.78. The molecule has 19 heavy (non-hydrogen) atoms. The highest BCUT2D eigenvalue weighted by molar-refractivity contribution is 5.98. The van der Waals surface area contributed by atoms with Crippen molar-refractivity contribution in [2.75, 3.05) is 6.54 Å². The van der Waals surface area contributed by atoms with Crippen molar-refractivity contribution >= 4 is 11.9 Å². The van der Waals surface area contributed by atoms with Crippen molar-refractivity contribution in [3.8, 4) is 0 Å². The zero-order chi connectivity index (χ0) is 14.0. The lowest BCUT2D eigenvalue weighted by molar-refractivity contribution is -0.148. The predicted molar refractivity (Wildman–Crippen MR) is 69.0 cm³/mol. The van der Waals surface area contributed by atoms with Crippen LogP contribution >= 0.6 is 0 Å².